The summed E-state index contributed by atoms with van der Waals surface area (Å²) in [6.45, 7) is 10.5. The molecule has 0 spiro atoms. The summed E-state index contributed by atoms with van der Waals surface area (Å²) in [7, 11) is 6.50. The minimum atomic E-state index is -1.11. The topological polar surface area (TPSA) is 390 Å². The molecule has 0 bridgehead atoms. The number of anilines is 2. The van der Waals surface area contributed by atoms with Crippen LogP contribution in [0.3, 0.4) is 0 Å². The van der Waals surface area contributed by atoms with Crippen molar-refractivity contribution in [3.63, 3.8) is 0 Å². The Hall–Kier alpha value is -14.9. The van der Waals surface area contributed by atoms with Crippen LogP contribution in [0.1, 0.15) is 90.3 Å². The van der Waals surface area contributed by atoms with E-state index in [1.807, 2.05) is 136 Å². The van der Waals surface area contributed by atoms with Crippen molar-refractivity contribution in [1.82, 2.24) is 49.3 Å². The average molecular weight is 1810 g/mol. The van der Waals surface area contributed by atoms with E-state index < -0.39 is 51.5 Å². The van der Waals surface area contributed by atoms with Gasteiger partial charge in [0.25, 0.3) is 11.8 Å². The molecule has 35 heteroatoms. The highest BCUT2D eigenvalue weighted by molar-refractivity contribution is 7.16. The number of thiophene rings is 4. The zero-order valence-corrected chi connectivity index (χ0v) is 75.0. The molecule has 19 rings (SSSR count). The van der Waals surface area contributed by atoms with Crippen molar-refractivity contribution in [2.45, 2.75) is 56.0 Å². The lowest BCUT2D eigenvalue weighted by Gasteiger charge is -2.36. The van der Waals surface area contributed by atoms with Gasteiger partial charge in [0.2, 0.25) is 23.6 Å². The maximum absolute atomic E-state index is 13.8. The third kappa shape index (κ3) is 16.7. The Morgan fingerprint density at radius 3 is 1.58 bits per heavy atom. The number of hydrogen-bond donors (Lipinski definition) is 4. The first-order valence-electron chi connectivity index (χ1n) is 41.2. The van der Waals surface area contributed by atoms with Crippen LogP contribution in [-0.4, -0.2) is 195 Å². The number of fused-ring (bicyclic) bond motifs is 4. The van der Waals surface area contributed by atoms with E-state index >= 15 is 0 Å². The smallest absolute Gasteiger partial charge is 0.255 e. The van der Waals surface area contributed by atoms with Crippen molar-refractivity contribution >= 4 is 116 Å². The van der Waals surface area contributed by atoms with E-state index in [1.54, 1.807) is 79.4 Å². The summed E-state index contributed by atoms with van der Waals surface area (Å²) in [5.41, 5.74) is 28.2. The van der Waals surface area contributed by atoms with Crippen molar-refractivity contribution in [2.75, 3.05) is 90.3 Å². The number of nitrogens with zero attached hydrogens (tertiary/aromatic N) is 18. The van der Waals surface area contributed by atoms with E-state index in [1.165, 1.54) is 96.8 Å². The number of likely N-dealkylation sites (tertiary alicyclic amines) is 2. The third-order valence-corrected chi connectivity index (χ3v) is 28.9. The Morgan fingerprint density at radius 2 is 1.04 bits per heavy atom. The molecule has 5 unspecified atom stereocenters. The molecule has 8 aliphatic rings. The molecule has 8 aromatic heterocycles. The van der Waals surface area contributed by atoms with Gasteiger partial charge >= 0.3 is 0 Å². The molecule has 4 fully saturated rings. The molecule has 11 aromatic rings. The number of guanidine groups is 4. The van der Waals surface area contributed by atoms with Crippen molar-refractivity contribution in [3.05, 3.63) is 264 Å². The van der Waals surface area contributed by atoms with Crippen LogP contribution in [0.4, 0.5) is 20.3 Å². The molecule has 4 saturated heterocycles. The summed E-state index contributed by atoms with van der Waals surface area (Å²) < 4.78 is 33.5. The van der Waals surface area contributed by atoms with Crippen LogP contribution in [0, 0.1) is 81.7 Å². The minimum Gasteiger partial charge on any atom is -0.491 e. The summed E-state index contributed by atoms with van der Waals surface area (Å²) in [6.07, 6.45) is 10.4. The van der Waals surface area contributed by atoms with Gasteiger partial charge < -0.3 is 47.3 Å². The van der Waals surface area contributed by atoms with Crippen molar-refractivity contribution in [1.29, 1.82) is 10.5 Å². The monoisotopic (exact) mass is 1810 g/mol. The van der Waals surface area contributed by atoms with Crippen molar-refractivity contribution in [3.8, 4) is 73.6 Å². The largest absolute Gasteiger partial charge is 0.491 e. The van der Waals surface area contributed by atoms with Crippen LogP contribution in [-0.2, 0) is 41.3 Å². The first kappa shape index (κ1) is 88.5. The maximum atomic E-state index is 13.8. The van der Waals surface area contributed by atoms with Gasteiger partial charge in [-0.1, -0.05) is 42.2 Å². The Bertz CT molecular complexity index is 6680. The molecular formula is C95H86F2N22O7S4. The number of nitrogens with two attached hydrogens (primary N) is 4. The summed E-state index contributed by atoms with van der Waals surface area (Å²) in [4.78, 5) is 134. The second kappa shape index (κ2) is 36.1. The Balaban J connectivity index is 0.000000127. The van der Waals surface area contributed by atoms with E-state index in [0.29, 0.717) is 42.2 Å². The molecule has 16 heterocycles. The molecule has 0 aliphatic carbocycles. The standard InChI is InChI=1S/C28H29N5O2S.C25H19F2N5O2S.C24H22N6OS.C18H16N6O2S/c1-5-7-19-10-20(14-30-13-19)21-11-25(36-16-21)28-17-33(15-24(28)26(34)32(4)27(29)31-28)22-8-6-9-23(12-22)35-18(2)3;1-31-23(34)18-12-32(22(33)15-3-2-4-17(26)10-15)13-25(18,30-24(31)29)21-8-7-20(35-21)14-5-6-19(27)16(9-14)11-28;1-3-6-16-11-17(13-26-12-16)19-8-9-20(32-19)24-15-30(21-7-4-5-10-27-21)14-18(24)22(31)29(2)23(25)28-24;1-23-16(26)13-9-24(15(25)11-4-5-12(7-19)21-8-11)10-18(13,22-17(23)20)14-3-2-6-27-14/h6,8-14,16,18,24H,15,17H2,1-4H3,(H2,29,31);2-10,18H,12-13H2,1H3,(H2,29,30);4-5,7-13,18H,14-15H2,1-2H3,(H2,25,28);2-6,8,13H,9-10H2,1H3,(H2,20,22)/t24?,28-;;18-,24-;/m0.0./s1. The SMILES string of the molecule is CC#Cc1cncc(-c2ccc([C@]34CN(c5ccccn5)C[C@H]3C(=O)N(C)C(N)=N4)s2)c1.CC#Cc1cncc(-c2csc([C@]34CN(c5cccc(OC(C)C)c5)CC3C(=O)N(C)C(N)=N4)c2)c1.CN1C(=O)C2CN(C(=O)c3ccc(C#N)nc3)CC2(c2cccs2)N=C1N.CN1C(=O)C2CN(C(=O)c3cccc(F)c3)CC2(c2ccc(-c3ccc(F)c(C#N)c3)s2)N=C1N. The highest BCUT2D eigenvalue weighted by Crippen LogP contribution is 2.53. The van der Waals surface area contributed by atoms with Gasteiger partial charge in [-0.2, -0.15) is 10.5 Å². The predicted molar refractivity (Wildman–Crippen MR) is 495 cm³/mol. The van der Waals surface area contributed by atoms with Crippen molar-refractivity contribution < 1.29 is 42.3 Å². The fourth-order valence-corrected chi connectivity index (χ4v) is 21.9. The van der Waals surface area contributed by atoms with Crippen LogP contribution in [0.5, 0.6) is 5.75 Å². The summed E-state index contributed by atoms with van der Waals surface area (Å²) in [5.74, 6) is 10.1. The highest BCUT2D eigenvalue weighted by atomic mass is 32.1. The van der Waals surface area contributed by atoms with E-state index in [2.05, 4.69) is 82.0 Å². The number of hydrogen-bond acceptors (Lipinski definition) is 27. The van der Waals surface area contributed by atoms with Crippen LogP contribution >= 0.6 is 45.3 Å². The van der Waals surface area contributed by atoms with E-state index in [4.69, 9.17) is 47.9 Å². The predicted octanol–water partition coefficient (Wildman–Crippen LogP) is 10.9. The van der Waals surface area contributed by atoms with Gasteiger partial charge in [0, 0.05) is 167 Å². The molecule has 29 nitrogen and oxygen atoms in total. The van der Waals surface area contributed by atoms with Gasteiger partial charge in [-0.3, -0.25) is 58.3 Å². The molecular weight excluding hydrogens is 1730 g/mol. The number of aliphatic imine (C=N–C) groups is 4. The maximum Gasteiger partial charge on any atom is 0.255 e. The molecule has 8 N–H and O–H groups in total. The first-order valence-corrected chi connectivity index (χ1v) is 44.6. The Morgan fingerprint density at radius 1 is 0.492 bits per heavy atom. The second-order valence-corrected chi connectivity index (χ2v) is 36.4. The molecule has 8 atom stereocenters. The van der Waals surface area contributed by atoms with E-state index in [0.717, 1.165) is 75.5 Å². The van der Waals surface area contributed by atoms with Crippen LogP contribution in [0.25, 0.3) is 32.0 Å². The van der Waals surface area contributed by atoms with Crippen molar-refractivity contribution in [2.24, 2.45) is 66.6 Å². The molecule has 6 amide bonds. The van der Waals surface area contributed by atoms with Crippen LogP contribution in [0.15, 0.2) is 220 Å². The number of ether oxygens (including phenoxy) is 1. The molecule has 3 aromatic carbocycles. The van der Waals surface area contributed by atoms with Gasteiger partial charge in [-0.15, -0.1) is 57.2 Å². The zero-order chi connectivity index (χ0) is 91.8. The summed E-state index contributed by atoms with van der Waals surface area (Å²) in [6, 6.07) is 48.0. The minimum absolute atomic E-state index is 0.0172. The number of nitriles is 2. The van der Waals surface area contributed by atoms with Crippen LogP contribution in [0.2, 0.25) is 0 Å². The lowest BCUT2D eigenvalue weighted by molar-refractivity contribution is -0.133. The number of pyridine rings is 4. The molecule has 8 aliphatic heterocycles. The fraction of sp³-hybridized carbons (Fsp3) is 0.263. The van der Waals surface area contributed by atoms with E-state index in [-0.39, 0.29) is 114 Å². The second-order valence-electron chi connectivity index (χ2n) is 32.4. The van der Waals surface area contributed by atoms with Gasteiger partial charge in [0.1, 0.15) is 63.2 Å². The van der Waals surface area contributed by atoms with Gasteiger partial charge in [-0.05, 0) is 165 Å². The Labute approximate surface area is 764 Å². The quantitative estimate of drug-likeness (QED) is 0.0779. The number of amides is 6. The Kier molecular flexibility index (Phi) is 24.6. The van der Waals surface area contributed by atoms with Gasteiger partial charge in [0.05, 0.1) is 60.5 Å². The lowest BCUT2D eigenvalue weighted by atomic mass is 9.83. The normalized spacial score (nSPS) is 22.2. The number of carbonyl (C=O) groups excluding carboxylic acids is 6. The van der Waals surface area contributed by atoms with Gasteiger partial charge in [-0.25, -0.2) is 38.7 Å². The lowest BCUT2D eigenvalue weighted by Crippen LogP contribution is -2.54. The molecule has 0 radical (unpaired) electrons. The molecule has 656 valence electrons. The molecule has 0 saturated carbocycles. The number of halogens is 2. The number of rotatable bonds is 13. The number of carbonyl (C=O) groups is 6. The summed E-state index contributed by atoms with van der Waals surface area (Å²) >= 11 is 6.06. The molecule has 130 heavy (non-hydrogen) atoms. The third-order valence-electron chi connectivity index (χ3n) is 24.1. The highest BCUT2D eigenvalue weighted by Gasteiger charge is 2.61. The van der Waals surface area contributed by atoms with Crippen LogP contribution < -0.4 is 37.5 Å². The first-order chi connectivity index (χ1) is 62.5. The summed E-state index contributed by atoms with van der Waals surface area (Å²) in [5, 5.41) is 22.1. The van der Waals surface area contributed by atoms with E-state index in [9.17, 15) is 42.8 Å². The fourth-order valence-electron chi connectivity index (χ4n) is 17.5. The number of benzene rings is 3. The average Bonchev–Trinajstić information content (AvgIpc) is 1.58. The number of aromatic nitrogens is 4. The zero-order valence-electron chi connectivity index (χ0n) is 71.7. The van der Waals surface area contributed by atoms with Gasteiger partial charge in [0.15, 0.2) is 23.8 Å².